The van der Waals surface area contributed by atoms with Crippen molar-refractivity contribution in [3.8, 4) is 5.75 Å². The van der Waals surface area contributed by atoms with Crippen molar-refractivity contribution in [2.24, 2.45) is 17.3 Å². The zero-order chi connectivity index (χ0) is 21.4. The van der Waals surface area contributed by atoms with E-state index in [2.05, 4.69) is 33.8 Å². The number of amides is 1. The number of sulfone groups is 1. The van der Waals surface area contributed by atoms with Crippen LogP contribution < -0.4 is 4.74 Å². The van der Waals surface area contributed by atoms with Gasteiger partial charge in [0.1, 0.15) is 5.75 Å². The lowest BCUT2D eigenvalue weighted by atomic mass is 10.1. The van der Waals surface area contributed by atoms with E-state index in [1.807, 2.05) is 36.1 Å². The summed E-state index contributed by atoms with van der Waals surface area (Å²) in [6.45, 7) is 11.3. The molecule has 3 atom stereocenters. The Kier molecular flexibility index (Phi) is 6.13. The fraction of sp³-hybridized carbons (Fsp3) is 0.609. The van der Waals surface area contributed by atoms with E-state index in [9.17, 15) is 13.2 Å². The van der Waals surface area contributed by atoms with Crippen LogP contribution in [0.1, 0.15) is 46.6 Å². The van der Waals surface area contributed by atoms with Crippen molar-refractivity contribution >= 4 is 15.7 Å². The van der Waals surface area contributed by atoms with Crippen molar-refractivity contribution < 1.29 is 17.9 Å². The van der Waals surface area contributed by atoms with Gasteiger partial charge in [0.25, 0.3) is 0 Å². The molecule has 0 spiro atoms. The van der Waals surface area contributed by atoms with Crippen molar-refractivity contribution in [3.63, 3.8) is 0 Å². The van der Waals surface area contributed by atoms with E-state index in [1.54, 1.807) is 0 Å². The van der Waals surface area contributed by atoms with Gasteiger partial charge in [-0.3, -0.25) is 4.79 Å². The van der Waals surface area contributed by atoms with Crippen LogP contribution in [0.3, 0.4) is 0 Å². The first-order chi connectivity index (χ1) is 13.5. The van der Waals surface area contributed by atoms with E-state index in [-0.39, 0.29) is 40.7 Å². The molecular weight excluding hydrogens is 386 g/mol. The minimum atomic E-state index is -3.07. The van der Waals surface area contributed by atoms with Gasteiger partial charge in [-0.2, -0.15) is 0 Å². The van der Waals surface area contributed by atoms with Crippen LogP contribution in [-0.2, 0) is 21.2 Å². The molecule has 1 saturated heterocycles. The molecule has 29 heavy (non-hydrogen) atoms. The maximum Gasteiger partial charge on any atom is 0.227 e. The van der Waals surface area contributed by atoms with Crippen molar-refractivity contribution in [1.82, 2.24) is 4.90 Å². The largest absolute Gasteiger partial charge is 0.494 e. The minimum absolute atomic E-state index is 0.0657. The molecule has 1 aliphatic carbocycles. The maximum atomic E-state index is 13.6. The van der Waals surface area contributed by atoms with Crippen molar-refractivity contribution in [2.45, 2.75) is 53.6 Å². The lowest BCUT2D eigenvalue weighted by molar-refractivity contribution is -0.136. The van der Waals surface area contributed by atoms with Crippen LogP contribution >= 0.6 is 0 Å². The molecule has 1 amide bonds. The average molecular weight is 420 g/mol. The van der Waals surface area contributed by atoms with Gasteiger partial charge in [0.05, 0.1) is 24.0 Å². The number of hydrogen-bond acceptors (Lipinski definition) is 4. The highest BCUT2D eigenvalue weighted by atomic mass is 32.2. The van der Waals surface area contributed by atoms with E-state index in [0.29, 0.717) is 19.6 Å². The van der Waals surface area contributed by atoms with Crippen LogP contribution in [0.5, 0.6) is 5.75 Å². The van der Waals surface area contributed by atoms with Crippen LogP contribution in [0, 0.1) is 17.3 Å². The summed E-state index contributed by atoms with van der Waals surface area (Å²) in [6, 6.07) is 7.48. The standard InChI is InChI=1S/C23H33NO4S/c1-6-28-19-9-7-17(8-10-19)14-24(18-11-12-29(26,27)15-18)22(25)21-20(13-16(2)3)23(21,4)5/h7-10,13,18,20-21H,6,11-12,14-15H2,1-5H3/t18-,20+,21-/m0/s1. The number of hydrogen-bond donors (Lipinski definition) is 0. The molecule has 2 fully saturated rings. The first kappa shape index (κ1) is 21.9. The number of carbonyl (C=O) groups is 1. The summed E-state index contributed by atoms with van der Waals surface area (Å²) in [6.07, 6.45) is 2.70. The Bertz CT molecular complexity index is 882. The van der Waals surface area contributed by atoms with Gasteiger partial charge in [0, 0.05) is 12.6 Å². The second-order valence-corrected chi connectivity index (χ2v) is 11.4. The Labute approximate surface area is 175 Å². The van der Waals surface area contributed by atoms with Gasteiger partial charge < -0.3 is 9.64 Å². The first-order valence-corrected chi connectivity index (χ1v) is 12.2. The van der Waals surface area contributed by atoms with Gasteiger partial charge in [0.2, 0.25) is 5.91 Å². The van der Waals surface area contributed by atoms with E-state index < -0.39 is 9.84 Å². The summed E-state index contributed by atoms with van der Waals surface area (Å²) < 4.78 is 29.7. The number of allylic oxidation sites excluding steroid dienone is 2. The van der Waals surface area contributed by atoms with Gasteiger partial charge in [-0.05, 0) is 56.2 Å². The van der Waals surface area contributed by atoms with E-state index in [1.165, 1.54) is 5.57 Å². The number of ether oxygens (including phenoxy) is 1. The predicted molar refractivity (Wildman–Crippen MR) is 115 cm³/mol. The summed E-state index contributed by atoms with van der Waals surface area (Å²) in [5.41, 5.74) is 2.10. The normalized spacial score (nSPS) is 26.6. The van der Waals surface area contributed by atoms with Crippen molar-refractivity contribution in [2.75, 3.05) is 18.1 Å². The molecule has 1 saturated carbocycles. The van der Waals surface area contributed by atoms with Gasteiger partial charge in [-0.1, -0.05) is 37.6 Å². The van der Waals surface area contributed by atoms with E-state index >= 15 is 0 Å². The smallest absolute Gasteiger partial charge is 0.227 e. The Balaban J connectivity index is 1.84. The SMILES string of the molecule is CCOc1ccc(CN(C(=O)[C@@H]2[C@@H](C=C(C)C)C2(C)C)[C@H]2CCS(=O)(=O)C2)cc1. The Morgan fingerprint density at radius 3 is 2.41 bits per heavy atom. The molecule has 0 bridgehead atoms. The van der Waals surface area contributed by atoms with E-state index in [4.69, 9.17) is 4.74 Å². The number of benzene rings is 1. The molecule has 2 aliphatic rings. The summed E-state index contributed by atoms with van der Waals surface area (Å²) in [7, 11) is -3.07. The van der Waals surface area contributed by atoms with Gasteiger partial charge >= 0.3 is 0 Å². The average Bonchev–Trinajstić information content (AvgIpc) is 2.96. The fourth-order valence-corrected chi connectivity index (χ4v) is 6.19. The third-order valence-electron chi connectivity index (χ3n) is 6.21. The fourth-order valence-electron chi connectivity index (χ4n) is 4.46. The molecule has 0 N–H and O–H groups in total. The minimum Gasteiger partial charge on any atom is -0.494 e. The third-order valence-corrected chi connectivity index (χ3v) is 7.96. The zero-order valence-electron chi connectivity index (χ0n) is 18.1. The molecule has 0 aromatic heterocycles. The molecule has 1 aliphatic heterocycles. The van der Waals surface area contributed by atoms with Gasteiger partial charge in [-0.25, -0.2) is 8.42 Å². The first-order valence-electron chi connectivity index (χ1n) is 10.4. The molecule has 1 aromatic rings. The molecular formula is C23H33NO4S. The molecule has 6 heteroatoms. The lowest BCUT2D eigenvalue weighted by Gasteiger charge is -2.29. The quantitative estimate of drug-likeness (QED) is 0.630. The van der Waals surface area contributed by atoms with Crippen LogP contribution in [0.25, 0.3) is 0 Å². The molecule has 1 aromatic carbocycles. The molecule has 0 unspecified atom stereocenters. The van der Waals surface area contributed by atoms with Crippen LogP contribution in [0.2, 0.25) is 0 Å². The van der Waals surface area contributed by atoms with Crippen molar-refractivity contribution in [1.29, 1.82) is 0 Å². The lowest BCUT2D eigenvalue weighted by Crippen LogP contribution is -2.42. The highest BCUT2D eigenvalue weighted by Gasteiger charge is 2.61. The number of rotatable bonds is 7. The molecule has 3 rings (SSSR count). The topological polar surface area (TPSA) is 63.7 Å². The molecule has 5 nitrogen and oxygen atoms in total. The third kappa shape index (κ3) is 4.85. The Morgan fingerprint density at radius 2 is 1.90 bits per heavy atom. The molecule has 160 valence electrons. The highest BCUT2D eigenvalue weighted by molar-refractivity contribution is 7.91. The van der Waals surface area contributed by atoms with Gasteiger partial charge in [-0.15, -0.1) is 0 Å². The van der Waals surface area contributed by atoms with E-state index in [0.717, 1.165) is 11.3 Å². The summed E-state index contributed by atoms with van der Waals surface area (Å²) >= 11 is 0. The zero-order valence-corrected chi connectivity index (χ0v) is 19.0. The van der Waals surface area contributed by atoms with Crippen LogP contribution in [0.15, 0.2) is 35.9 Å². The number of nitrogens with zero attached hydrogens (tertiary/aromatic N) is 1. The maximum absolute atomic E-state index is 13.6. The highest BCUT2D eigenvalue weighted by Crippen LogP contribution is 2.60. The second kappa shape index (κ2) is 8.13. The summed E-state index contributed by atoms with van der Waals surface area (Å²) in [4.78, 5) is 15.4. The summed E-state index contributed by atoms with van der Waals surface area (Å²) in [5, 5.41) is 0. The number of carbonyl (C=O) groups excluding carboxylic acids is 1. The summed E-state index contributed by atoms with van der Waals surface area (Å²) in [5.74, 6) is 1.22. The van der Waals surface area contributed by atoms with Crippen LogP contribution in [-0.4, -0.2) is 43.4 Å². The van der Waals surface area contributed by atoms with Crippen molar-refractivity contribution in [3.05, 3.63) is 41.5 Å². The van der Waals surface area contributed by atoms with Gasteiger partial charge in [0.15, 0.2) is 9.84 Å². The molecule has 0 radical (unpaired) electrons. The Morgan fingerprint density at radius 1 is 1.24 bits per heavy atom. The monoisotopic (exact) mass is 419 g/mol. The molecule has 1 heterocycles. The predicted octanol–water partition coefficient (Wildman–Crippen LogP) is 3.84. The second-order valence-electron chi connectivity index (χ2n) is 9.17. The Hall–Kier alpha value is -1.82. The van der Waals surface area contributed by atoms with Crippen LogP contribution in [0.4, 0.5) is 0 Å².